The summed E-state index contributed by atoms with van der Waals surface area (Å²) < 4.78 is 15.0. The predicted molar refractivity (Wildman–Crippen MR) is 68.3 cm³/mol. The summed E-state index contributed by atoms with van der Waals surface area (Å²) in [5.41, 5.74) is -2.10. The third-order valence-corrected chi connectivity index (χ3v) is 3.66. The minimum atomic E-state index is -1.83. The molecule has 1 aliphatic carbocycles. The van der Waals surface area contributed by atoms with Crippen LogP contribution in [0.15, 0.2) is 17.9 Å². The van der Waals surface area contributed by atoms with Gasteiger partial charge < -0.3 is 24.4 Å². The molecule has 1 heterocycles. The fraction of sp³-hybridized carbons (Fsp3) is 0.286. The molecule has 0 fully saturated rings. The summed E-state index contributed by atoms with van der Waals surface area (Å²) in [4.78, 5) is 24.1. The number of allylic oxidation sites excluding steroid dienone is 1. The number of hydrogen-bond donors (Lipinski definition) is 2. The van der Waals surface area contributed by atoms with Crippen molar-refractivity contribution in [2.24, 2.45) is 0 Å². The number of methoxy groups -OCH3 is 2. The van der Waals surface area contributed by atoms with E-state index in [0.29, 0.717) is 0 Å². The molecule has 1 aromatic rings. The van der Waals surface area contributed by atoms with Crippen LogP contribution in [0.25, 0.3) is 0 Å². The van der Waals surface area contributed by atoms with Crippen LogP contribution in [0.4, 0.5) is 0 Å². The molecule has 1 aliphatic heterocycles. The Morgan fingerprint density at radius 1 is 1.24 bits per heavy atom. The summed E-state index contributed by atoms with van der Waals surface area (Å²) in [6, 6.07) is 1.14. The number of carbonyl (C=O) groups excluding carboxylic acids is 2. The van der Waals surface area contributed by atoms with Crippen molar-refractivity contribution in [2.75, 3.05) is 20.8 Å². The first-order valence-corrected chi connectivity index (χ1v) is 6.08. The molecule has 0 amide bonds. The molecule has 7 heteroatoms. The highest BCUT2D eigenvalue weighted by molar-refractivity contribution is 6.13. The fourth-order valence-electron chi connectivity index (χ4n) is 2.72. The Labute approximate surface area is 119 Å². The maximum atomic E-state index is 12.1. The highest BCUT2D eigenvalue weighted by atomic mass is 16.6. The van der Waals surface area contributed by atoms with Crippen LogP contribution in [0, 0.1) is 0 Å². The van der Waals surface area contributed by atoms with E-state index in [-0.39, 0.29) is 33.9 Å². The van der Waals surface area contributed by atoms with Crippen molar-refractivity contribution < 1.29 is 34.0 Å². The third-order valence-electron chi connectivity index (χ3n) is 3.66. The maximum Gasteiger partial charge on any atom is 0.342 e. The number of phenols is 1. The number of benzene rings is 1. The maximum absolute atomic E-state index is 12.1. The molecule has 0 saturated carbocycles. The molecule has 2 aliphatic rings. The zero-order valence-corrected chi connectivity index (χ0v) is 11.3. The molecule has 0 saturated heterocycles. The van der Waals surface area contributed by atoms with E-state index in [1.807, 2.05) is 0 Å². The van der Waals surface area contributed by atoms with Crippen molar-refractivity contribution in [3.63, 3.8) is 0 Å². The molecule has 21 heavy (non-hydrogen) atoms. The summed E-state index contributed by atoms with van der Waals surface area (Å²) in [7, 11) is 2.59. The third kappa shape index (κ3) is 1.58. The lowest BCUT2D eigenvalue weighted by Gasteiger charge is -2.38. The van der Waals surface area contributed by atoms with Gasteiger partial charge in [-0.05, 0) is 0 Å². The van der Waals surface area contributed by atoms with Gasteiger partial charge in [-0.3, -0.25) is 4.79 Å². The molecule has 3 rings (SSSR count). The average Bonchev–Trinajstić information content (AvgIpc) is 2.46. The number of hydrogen-bond acceptors (Lipinski definition) is 7. The summed E-state index contributed by atoms with van der Waals surface area (Å²) in [5.74, 6) is -1.73. The van der Waals surface area contributed by atoms with Crippen molar-refractivity contribution in [2.45, 2.75) is 5.60 Å². The van der Waals surface area contributed by atoms with Gasteiger partial charge in [-0.2, -0.15) is 0 Å². The van der Waals surface area contributed by atoms with Crippen LogP contribution in [0.2, 0.25) is 0 Å². The lowest BCUT2D eigenvalue weighted by molar-refractivity contribution is -0.0522. The molecular weight excluding hydrogens is 280 g/mol. The van der Waals surface area contributed by atoms with Gasteiger partial charge in [-0.25, -0.2) is 4.79 Å². The smallest absolute Gasteiger partial charge is 0.342 e. The number of ketones is 1. The molecule has 0 radical (unpaired) electrons. The standard InChI is InChI=1S/C14H12O7/c1-19-8-3-6(15)10-7(16)4-9(20-2)14(18)5-21-13(17)11(8)12(10)14/h3-4,15,18H,5H2,1-2H3/t14-/m0/s1. The zero-order chi connectivity index (χ0) is 15.4. The van der Waals surface area contributed by atoms with Gasteiger partial charge in [0.2, 0.25) is 0 Å². The zero-order valence-electron chi connectivity index (χ0n) is 11.3. The second-order valence-electron chi connectivity index (χ2n) is 4.74. The van der Waals surface area contributed by atoms with Crippen LogP contribution < -0.4 is 4.74 Å². The summed E-state index contributed by atoms with van der Waals surface area (Å²) in [5, 5.41) is 20.8. The molecule has 0 unspecified atom stereocenters. The van der Waals surface area contributed by atoms with Crippen molar-refractivity contribution in [3.05, 3.63) is 34.6 Å². The number of aliphatic hydroxyl groups is 1. The lowest BCUT2D eigenvalue weighted by Crippen LogP contribution is -2.45. The van der Waals surface area contributed by atoms with Gasteiger partial charge in [0.1, 0.15) is 29.4 Å². The van der Waals surface area contributed by atoms with Gasteiger partial charge in [0, 0.05) is 17.7 Å². The molecular formula is C14H12O7. The topological polar surface area (TPSA) is 102 Å². The minimum Gasteiger partial charge on any atom is -0.507 e. The number of rotatable bonds is 2. The predicted octanol–water partition coefficient (Wildman–Crippen LogP) is 0.485. The Kier molecular flexibility index (Phi) is 2.70. The van der Waals surface area contributed by atoms with Gasteiger partial charge in [-0.1, -0.05) is 0 Å². The highest BCUT2D eigenvalue weighted by Crippen LogP contribution is 2.47. The van der Waals surface area contributed by atoms with Crippen LogP contribution in [-0.4, -0.2) is 42.8 Å². The first-order chi connectivity index (χ1) is 9.93. The summed E-state index contributed by atoms with van der Waals surface area (Å²) in [6.07, 6.45) is 1.07. The van der Waals surface area contributed by atoms with Crippen LogP contribution >= 0.6 is 0 Å². The van der Waals surface area contributed by atoms with E-state index in [2.05, 4.69) is 0 Å². The molecule has 0 aromatic heterocycles. The van der Waals surface area contributed by atoms with E-state index in [1.165, 1.54) is 14.2 Å². The Morgan fingerprint density at radius 2 is 1.95 bits per heavy atom. The van der Waals surface area contributed by atoms with E-state index in [1.54, 1.807) is 0 Å². The Morgan fingerprint density at radius 3 is 2.57 bits per heavy atom. The van der Waals surface area contributed by atoms with Crippen molar-refractivity contribution in [3.8, 4) is 11.5 Å². The molecule has 2 N–H and O–H groups in total. The Hall–Kier alpha value is -2.54. The van der Waals surface area contributed by atoms with Crippen molar-refractivity contribution in [1.82, 2.24) is 0 Å². The summed E-state index contributed by atoms with van der Waals surface area (Å²) >= 11 is 0. The largest absolute Gasteiger partial charge is 0.507 e. The van der Waals surface area contributed by atoms with E-state index < -0.39 is 24.0 Å². The molecule has 0 bridgehead atoms. The number of phenolic OH excluding ortho intramolecular Hbond substituents is 1. The number of aromatic hydroxyl groups is 1. The van der Waals surface area contributed by atoms with E-state index in [0.717, 1.165) is 12.1 Å². The van der Waals surface area contributed by atoms with Gasteiger partial charge in [0.15, 0.2) is 11.4 Å². The van der Waals surface area contributed by atoms with E-state index in [4.69, 9.17) is 14.2 Å². The van der Waals surface area contributed by atoms with Crippen LogP contribution in [-0.2, 0) is 15.1 Å². The van der Waals surface area contributed by atoms with Crippen molar-refractivity contribution in [1.29, 1.82) is 0 Å². The normalized spacial score (nSPS) is 23.1. The summed E-state index contributed by atoms with van der Waals surface area (Å²) in [6.45, 7) is -0.411. The number of carbonyl (C=O) groups is 2. The fourth-order valence-corrected chi connectivity index (χ4v) is 2.72. The molecule has 110 valence electrons. The second kappa shape index (κ2) is 4.23. The molecule has 0 spiro atoms. The van der Waals surface area contributed by atoms with Gasteiger partial charge in [0.25, 0.3) is 0 Å². The van der Waals surface area contributed by atoms with Crippen LogP contribution in [0.1, 0.15) is 26.3 Å². The lowest BCUT2D eigenvalue weighted by atomic mass is 9.77. The number of cyclic esters (lactones) is 1. The minimum absolute atomic E-state index is 0.0135. The van der Waals surface area contributed by atoms with E-state index >= 15 is 0 Å². The highest BCUT2D eigenvalue weighted by Gasteiger charge is 2.51. The Bertz CT molecular complexity index is 704. The number of ether oxygens (including phenoxy) is 3. The molecule has 1 atom stereocenters. The first kappa shape index (κ1) is 13.4. The van der Waals surface area contributed by atoms with Gasteiger partial charge in [0.05, 0.1) is 19.8 Å². The SMILES string of the molecule is COC1=CC(=O)c2c(O)cc(OC)c3c2[C@]1(O)COC3=O. The van der Waals surface area contributed by atoms with Gasteiger partial charge in [-0.15, -0.1) is 0 Å². The monoisotopic (exact) mass is 292 g/mol. The first-order valence-electron chi connectivity index (χ1n) is 6.08. The molecule has 1 aromatic carbocycles. The second-order valence-corrected chi connectivity index (χ2v) is 4.74. The van der Waals surface area contributed by atoms with Gasteiger partial charge >= 0.3 is 5.97 Å². The van der Waals surface area contributed by atoms with Crippen LogP contribution in [0.5, 0.6) is 11.5 Å². The average molecular weight is 292 g/mol. The molecule has 7 nitrogen and oxygen atoms in total. The van der Waals surface area contributed by atoms with Crippen LogP contribution in [0.3, 0.4) is 0 Å². The quantitative estimate of drug-likeness (QED) is 0.764. The Balaban J connectivity index is 2.44. The number of esters is 1. The van der Waals surface area contributed by atoms with Crippen molar-refractivity contribution >= 4 is 11.8 Å². The van der Waals surface area contributed by atoms with E-state index in [9.17, 15) is 19.8 Å².